The molecule has 2 N–H and O–H groups in total. The van der Waals surface area contributed by atoms with Crippen LogP contribution < -0.4 is 15.6 Å². The first-order valence-electron chi connectivity index (χ1n) is 5.81. The minimum Gasteiger partial charge on any atom is -0.494 e. The molecule has 116 valence electrons. The van der Waals surface area contributed by atoms with Gasteiger partial charge < -0.3 is 4.74 Å². The Morgan fingerprint density at radius 3 is 2.23 bits per heavy atom. The molecule has 0 aliphatic carbocycles. The first-order chi connectivity index (χ1) is 10.4. The highest BCUT2D eigenvalue weighted by atomic mass is 79.9. The Kier molecular flexibility index (Phi) is 5.69. The fourth-order valence-electron chi connectivity index (χ4n) is 1.57. The number of carbonyl (C=O) groups is 2. The van der Waals surface area contributed by atoms with Crippen molar-refractivity contribution in [2.24, 2.45) is 0 Å². The van der Waals surface area contributed by atoms with Gasteiger partial charge in [0.15, 0.2) is 5.75 Å². The summed E-state index contributed by atoms with van der Waals surface area (Å²) in [6, 6.07) is 6.17. The lowest BCUT2D eigenvalue weighted by atomic mass is 10.2. The van der Waals surface area contributed by atoms with Gasteiger partial charge >= 0.3 is 0 Å². The van der Waals surface area contributed by atoms with Crippen molar-refractivity contribution in [3.05, 3.63) is 48.5 Å². The SMILES string of the molecule is COc1c(Cl)cc(C(=O)NNC(=O)c2ccc(Br)s2)cc1Cl. The molecule has 0 aliphatic heterocycles. The minimum absolute atomic E-state index is 0.198. The lowest BCUT2D eigenvalue weighted by Crippen LogP contribution is -2.41. The van der Waals surface area contributed by atoms with Gasteiger partial charge in [-0.2, -0.15) is 0 Å². The van der Waals surface area contributed by atoms with Crippen molar-refractivity contribution in [1.29, 1.82) is 0 Å². The van der Waals surface area contributed by atoms with E-state index in [0.717, 1.165) is 3.79 Å². The topological polar surface area (TPSA) is 67.4 Å². The van der Waals surface area contributed by atoms with Gasteiger partial charge in [0.05, 0.1) is 25.8 Å². The number of rotatable bonds is 3. The van der Waals surface area contributed by atoms with E-state index in [0.29, 0.717) is 4.88 Å². The number of hydrazine groups is 1. The summed E-state index contributed by atoms with van der Waals surface area (Å²) in [5.41, 5.74) is 4.80. The first-order valence-corrected chi connectivity index (χ1v) is 8.18. The van der Waals surface area contributed by atoms with Crippen LogP contribution in [0.25, 0.3) is 0 Å². The van der Waals surface area contributed by atoms with Crippen LogP contribution in [0.3, 0.4) is 0 Å². The van der Waals surface area contributed by atoms with Gasteiger partial charge in [0.2, 0.25) is 0 Å². The van der Waals surface area contributed by atoms with Crippen LogP contribution >= 0.6 is 50.5 Å². The van der Waals surface area contributed by atoms with Crippen molar-refractivity contribution in [3.8, 4) is 5.75 Å². The minimum atomic E-state index is -0.546. The number of ether oxygens (including phenoxy) is 1. The van der Waals surface area contributed by atoms with Gasteiger partial charge in [-0.1, -0.05) is 23.2 Å². The summed E-state index contributed by atoms with van der Waals surface area (Å²) in [5, 5.41) is 0.405. The number of benzene rings is 1. The Bertz CT molecular complexity index is 713. The van der Waals surface area contributed by atoms with Crippen LogP contribution in [0.15, 0.2) is 28.1 Å². The molecule has 2 rings (SSSR count). The lowest BCUT2D eigenvalue weighted by Gasteiger charge is -2.10. The fourth-order valence-corrected chi connectivity index (χ4v) is 3.49. The molecule has 9 heteroatoms. The summed E-state index contributed by atoms with van der Waals surface area (Å²) < 4.78 is 5.82. The van der Waals surface area contributed by atoms with E-state index in [1.165, 1.54) is 30.6 Å². The van der Waals surface area contributed by atoms with Crippen molar-refractivity contribution < 1.29 is 14.3 Å². The molecule has 2 amide bonds. The van der Waals surface area contributed by atoms with Crippen molar-refractivity contribution in [2.45, 2.75) is 0 Å². The van der Waals surface area contributed by atoms with E-state index >= 15 is 0 Å². The highest BCUT2D eigenvalue weighted by molar-refractivity contribution is 9.11. The quantitative estimate of drug-likeness (QED) is 0.735. The van der Waals surface area contributed by atoms with Crippen LogP contribution in [0.2, 0.25) is 10.0 Å². The second-order valence-electron chi connectivity index (χ2n) is 3.99. The monoisotopic (exact) mass is 422 g/mol. The van der Waals surface area contributed by atoms with E-state index in [9.17, 15) is 9.59 Å². The third kappa shape index (κ3) is 3.92. The number of amides is 2. The maximum absolute atomic E-state index is 12.0. The van der Waals surface area contributed by atoms with E-state index in [-0.39, 0.29) is 21.4 Å². The molecule has 0 aliphatic rings. The van der Waals surface area contributed by atoms with Crippen LogP contribution in [-0.2, 0) is 0 Å². The predicted molar refractivity (Wildman–Crippen MR) is 90.0 cm³/mol. The summed E-state index contributed by atoms with van der Waals surface area (Å²) >= 11 is 16.4. The molecule has 1 heterocycles. The summed E-state index contributed by atoms with van der Waals surface area (Å²) in [4.78, 5) is 24.3. The number of methoxy groups -OCH3 is 1. The summed E-state index contributed by atoms with van der Waals surface area (Å²) in [6.07, 6.45) is 0. The third-order valence-corrected chi connectivity index (χ3v) is 4.74. The van der Waals surface area contributed by atoms with Gasteiger partial charge in [0, 0.05) is 5.56 Å². The number of hydrogen-bond acceptors (Lipinski definition) is 4. The standard InChI is InChI=1S/C13H9BrCl2N2O3S/c1-21-11-7(15)4-6(5-8(11)16)12(19)17-18-13(20)9-2-3-10(14)22-9/h2-5H,1H3,(H,17,19)(H,18,20). The average molecular weight is 424 g/mol. The fraction of sp³-hybridized carbons (Fsp3) is 0.0769. The molecule has 0 saturated heterocycles. The van der Waals surface area contributed by atoms with Crippen molar-refractivity contribution in [1.82, 2.24) is 10.9 Å². The van der Waals surface area contributed by atoms with Gasteiger partial charge in [-0.15, -0.1) is 11.3 Å². The molecule has 0 spiro atoms. The van der Waals surface area contributed by atoms with Gasteiger partial charge in [0.25, 0.3) is 11.8 Å². The molecule has 0 bridgehead atoms. The van der Waals surface area contributed by atoms with Crippen molar-refractivity contribution in [2.75, 3.05) is 7.11 Å². The molecule has 0 saturated carbocycles. The predicted octanol–water partition coefficient (Wildman–Crippen LogP) is 3.90. The summed E-state index contributed by atoms with van der Waals surface area (Å²) in [5.74, 6) is -0.683. The highest BCUT2D eigenvalue weighted by Gasteiger charge is 2.15. The van der Waals surface area contributed by atoms with Crippen LogP contribution in [0.5, 0.6) is 5.75 Å². The Balaban J connectivity index is 2.05. The van der Waals surface area contributed by atoms with E-state index in [4.69, 9.17) is 27.9 Å². The molecule has 0 fully saturated rings. The molecule has 1 aromatic carbocycles. The van der Waals surface area contributed by atoms with E-state index in [2.05, 4.69) is 26.8 Å². The molecule has 0 radical (unpaired) electrons. The summed E-state index contributed by atoms with van der Waals surface area (Å²) in [6.45, 7) is 0. The Morgan fingerprint density at radius 1 is 1.14 bits per heavy atom. The van der Waals surface area contributed by atoms with Gasteiger partial charge in [-0.3, -0.25) is 20.4 Å². The molecular formula is C13H9BrCl2N2O3S. The molecule has 2 aromatic rings. The van der Waals surface area contributed by atoms with E-state index in [1.54, 1.807) is 12.1 Å². The number of carbonyl (C=O) groups excluding carboxylic acids is 2. The van der Waals surface area contributed by atoms with Crippen LogP contribution in [0, 0.1) is 0 Å². The van der Waals surface area contributed by atoms with E-state index < -0.39 is 11.8 Å². The second kappa shape index (κ2) is 7.32. The zero-order chi connectivity index (χ0) is 16.3. The normalized spacial score (nSPS) is 10.2. The molecule has 22 heavy (non-hydrogen) atoms. The molecule has 0 atom stereocenters. The van der Waals surface area contributed by atoms with Gasteiger partial charge in [0.1, 0.15) is 0 Å². The number of thiophene rings is 1. The lowest BCUT2D eigenvalue weighted by molar-refractivity contribution is 0.0849. The van der Waals surface area contributed by atoms with Crippen LogP contribution in [-0.4, -0.2) is 18.9 Å². The largest absolute Gasteiger partial charge is 0.494 e. The maximum Gasteiger partial charge on any atom is 0.279 e. The Morgan fingerprint density at radius 2 is 1.73 bits per heavy atom. The molecule has 0 unspecified atom stereocenters. The molecule has 5 nitrogen and oxygen atoms in total. The highest BCUT2D eigenvalue weighted by Crippen LogP contribution is 2.33. The Labute approximate surface area is 148 Å². The summed E-state index contributed by atoms with van der Waals surface area (Å²) in [7, 11) is 1.42. The van der Waals surface area contributed by atoms with Crippen molar-refractivity contribution in [3.63, 3.8) is 0 Å². The third-order valence-electron chi connectivity index (χ3n) is 2.55. The average Bonchev–Trinajstić information content (AvgIpc) is 2.90. The zero-order valence-corrected chi connectivity index (χ0v) is 15.0. The number of halogens is 3. The Hall–Kier alpha value is -1.28. The molecular weight excluding hydrogens is 415 g/mol. The van der Waals surface area contributed by atoms with Gasteiger partial charge in [-0.25, -0.2) is 0 Å². The zero-order valence-electron chi connectivity index (χ0n) is 11.1. The molecule has 1 aromatic heterocycles. The smallest absolute Gasteiger partial charge is 0.279 e. The van der Waals surface area contributed by atoms with Crippen LogP contribution in [0.4, 0.5) is 0 Å². The number of nitrogens with one attached hydrogen (secondary N) is 2. The van der Waals surface area contributed by atoms with Crippen LogP contribution in [0.1, 0.15) is 20.0 Å². The van der Waals surface area contributed by atoms with Gasteiger partial charge in [-0.05, 0) is 40.2 Å². The second-order valence-corrected chi connectivity index (χ2v) is 7.26. The first kappa shape index (κ1) is 17.1. The maximum atomic E-state index is 12.0. The van der Waals surface area contributed by atoms with Crippen molar-refractivity contribution >= 4 is 62.3 Å². The van der Waals surface area contributed by atoms with E-state index in [1.807, 2.05) is 0 Å². The number of hydrogen-bond donors (Lipinski definition) is 2.